The van der Waals surface area contributed by atoms with E-state index in [1.165, 1.54) is 0 Å². The third-order valence-electron chi connectivity index (χ3n) is 2.21. The quantitative estimate of drug-likeness (QED) is 0.498. The first kappa shape index (κ1) is 13.4. The summed E-state index contributed by atoms with van der Waals surface area (Å²) < 4.78 is 5.00. The molecule has 16 heavy (non-hydrogen) atoms. The summed E-state index contributed by atoms with van der Waals surface area (Å²) in [5, 5.41) is 0. The van der Waals surface area contributed by atoms with Crippen LogP contribution in [0.2, 0.25) is 0 Å². The Morgan fingerprint density at radius 1 is 1.50 bits per heavy atom. The second-order valence-corrected chi connectivity index (χ2v) is 4.18. The summed E-state index contributed by atoms with van der Waals surface area (Å²) in [6, 6.07) is 5.44. The molecular weight excluding hydrogens is 244 g/mol. The number of carbonyl (C=O) groups excluding carboxylic acids is 1. The lowest BCUT2D eigenvalue weighted by Gasteiger charge is -2.10. The third-order valence-corrected chi connectivity index (χ3v) is 2.89. The molecule has 1 rings (SSSR count). The van der Waals surface area contributed by atoms with Crippen molar-refractivity contribution in [3.05, 3.63) is 29.3 Å². The maximum absolute atomic E-state index is 11.7. The summed E-state index contributed by atoms with van der Waals surface area (Å²) in [6.45, 7) is 2.17. The Labute approximate surface area is 106 Å². The molecule has 0 saturated carbocycles. The normalized spacial score (nSPS) is 10.2. The van der Waals surface area contributed by atoms with Gasteiger partial charge in [0.2, 0.25) is 0 Å². The highest BCUT2D eigenvalue weighted by Gasteiger charge is 2.13. The lowest BCUT2D eigenvalue weighted by Crippen LogP contribution is -2.09. The maximum Gasteiger partial charge on any atom is 0.338 e. The van der Waals surface area contributed by atoms with Gasteiger partial charge in [-0.3, -0.25) is 0 Å². The Kier molecular flexibility index (Phi) is 5.71. The molecule has 0 radical (unpaired) electrons. The fourth-order valence-corrected chi connectivity index (χ4v) is 1.93. The van der Waals surface area contributed by atoms with E-state index < -0.39 is 0 Å². The van der Waals surface area contributed by atoms with Gasteiger partial charge in [0.25, 0.3) is 0 Å². The second-order valence-electron chi connectivity index (χ2n) is 3.32. The van der Waals surface area contributed by atoms with Crippen molar-refractivity contribution in [1.29, 1.82) is 0 Å². The summed E-state index contributed by atoms with van der Waals surface area (Å²) in [5.74, 6) is 0.285. The summed E-state index contributed by atoms with van der Waals surface area (Å²) in [7, 11) is 0. The molecule has 0 saturated heterocycles. The number of esters is 1. The zero-order valence-corrected chi connectivity index (χ0v) is 10.9. The van der Waals surface area contributed by atoms with E-state index in [9.17, 15) is 4.79 Å². The molecule has 1 aromatic rings. The van der Waals surface area contributed by atoms with Crippen molar-refractivity contribution in [2.75, 3.05) is 12.5 Å². The highest BCUT2D eigenvalue weighted by Crippen LogP contribution is 2.21. The number of rotatable bonds is 5. The summed E-state index contributed by atoms with van der Waals surface area (Å²) in [6.07, 6.45) is 1.57. The molecule has 0 bridgehead atoms. The molecule has 0 aromatic heterocycles. The zero-order valence-electron chi connectivity index (χ0n) is 9.20. The number of hydrogen-bond donors (Lipinski definition) is 1. The average Bonchev–Trinajstić information content (AvgIpc) is 2.27. The summed E-state index contributed by atoms with van der Waals surface area (Å²) in [4.78, 5) is 12.5. The lowest BCUT2D eigenvalue weighted by atomic mass is 10.0. The van der Waals surface area contributed by atoms with Crippen molar-refractivity contribution in [3.63, 3.8) is 0 Å². The van der Waals surface area contributed by atoms with Crippen LogP contribution in [0, 0.1) is 0 Å². The summed E-state index contributed by atoms with van der Waals surface area (Å²) >= 11 is 10.0. The molecule has 0 aliphatic rings. The van der Waals surface area contributed by atoms with Crippen LogP contribution in [0.4, 0.5) is 0 Å². The fraction of sp³-hybridized carbons (Fsp3) is 0.417. The van der Waals surface area contributed by atoms with E-state index in [2.05, 4.69) is 12.6 Å². The van der Waals surface area contributed by atoms with E-state index in [-0.39, 0.29) is 5.97 Å². The molecule has 0 heterocycles. The molecule has 4 heteroatoms. The molecule has 0 aliphatic heterocycles. The van der Waals surface area contributed by atoms with Crippen LogP contribution < -0.4 is 0 Å². The average molecular weight is 259 g/mol. The number of alkyl halides is 1. The number of thiol groups is 1. The SMILES string of the molecule is CCOC(=O)c1cccc(S)c1CCCCl. The van der Waals surface area contributed by atoms with Gasteiger partial charge in [-0.05, 0) is 37.5 Å². The van der Waals surface area contributed by atoms with Crippen LogP contribution in [0.5, 0.6) is 0 Å². The highest BCUT2D eigenvalue weighted by atomic mass is 35.5. The van der Waals surface area contributed by atoms with E-state index in [0.717, 1.165) is 23.3 Å². The number of benzene rings is 1. The minimum atomic E-state index is -0.289. The number of ether oxygens (including phenoxy) is 1. The Morgan fingerprint density at radius 2 is 2.25 bits per heavy atom. The van der Waals surface area contributed by atoms with Crippen molar-refractivity contribution in [3.8, 4) is 0 Å². The van der Waals surface area contributed by atoms with Crippen molar-refractivity contribution < 1.29 is 9.53 Å². The van der Waals surface area contributed by atoms with Gasteiger partial charge in [-0.2, -0.15) is 0 Å². The van der Waals surface area contributed by atoms with Crippen molar-refractivity contribution in [1.82, 2.24) is 0 Å². The van der Waals surface area contributed by atoms with Gasteiger partial charge in [-0.25, -0.2) is 4.79 Å². The van der Waals surface area contributed by atoms with E-state index in [4.69, 9.17) is 16.3 Å². The molecule has 2 nitrogen and oxygen atoms in total. The van der Waals surface area contributed by atoms with Crippen molar-refractivity contribution in [2.24, 2.45) is 0 Å². The minimum Gasteiger partial charge on any atom is -0.462 e. The highest BCUT2D eigenvalue weighted by molar-refractivity contribution is 7.80. The molecule has 0 atom stereocenters. The smallest absolute Gasteiger partial charge is 0.338 e. The minimum absolute atomic E-state index is 0.289. The van der Waals surface area contributed by atoms with E-state index in [0.29, 0.717) is 18.1 Å². The van der Waals surface area contributed by atoms with Crippen LogP contribution >= 0.6 is 24.2 Å². The molecule has 0 unspecified atom stereocenters. The van der Waals surface area contributed by atoms with Crippen LogP contribution in [-0.2, 0) is 11.2 Å². The first-order chi connectivity index (χ1) is 7.70. The Hall–Kier alpha value is -0.670. The fourth-order valence-electron chi connectivity index (χ4n) is 1.48. The maximum atomic E-state index is 11.7. The Bertz CT molecular complexity index is 366. The summed E-state index contributed by atoms with van der Waals surface area (Å²) in [5.41, 5.74) is 1.52. The van der Waals surface area contributed by atoms with Gasteiger partial charge >= 0.3 is 5.97 Å². The van der Waals surface area contributed by atoms with Gasteiger partial charge in [-0.1, -0.05) is 6.07 Å². The monoisotopic (exact) mass is 258 g/mol. The standard InChI is InChI=1S/C12H15ClO2S/c1-2-15-12(14)10-5-3-7-11(16)9(10)6-4-8-13/h3,5,7,16H,2,4,6,8H2,1H3. The van der Waals surface area contributed by atoms with Crippen LogP contribution in [0.15, 0.2) is 23.1 Å². The first-order valence-electron chi connectivity index (χ1n) is 5.24. The van der Waals surface area contributed by atoms with Gasteiger partial charge in [0.15, 0.2) is 0 Å². The van der Waals surface area contributed by atoms with Gasteiger partial charge < -0.3 is 4.74 Å². The predicted molar refractivity (Wildman–Crippen MR) is 68.7 cm³/mol. The van der Waals surface area contributed by atoms with Crippen LogP contribution in [0.3, 0.4) is 0 Å². The molecule has 0 N–H and O–H groups in total. The second kappa shape index (κ2) is 6.81. The van der Waals surface area contributed by atoms with E-state index in [1.54, 1.807) is 19.1 Å². The lowest BCUT2D eigenvalue weighted by molar-refractivity contribution is 0.0524. The Balaban J connectivity index is 2.97. The van der Waals surface area contributed by atoms with Gasteiger partial charge in [-0.15, -0.1) is 24.2 Å². The van der Waals surface area contributed by atoms with E-state index >= 15 is 0 Å². The number of halogens is 1. The Morgan fingerprint density at radius 3 is 2.88 bits per heavy atom. The topological polar surface area (TPSA) is 26.3 Å². The molecule has 0 spiro atoms. The van der Waals surface area contributed by atoms with Gasteiger partial charge in [0.1, 0.15) is 0 Å². The molecule has 88 valence electrons. The number of hydrogen-bond acceptors (Lipinski definition) is 3. The molecular formula is C12H15ClO2S. The van der Waals surface area contributed by atoms with Crippen molar-refractivity contribution in [2.45, 2.75) is 24.7 Å². The number of carbonyl (C=O) groups is 1. The van der Waals surface area contributed by atoms with Gasteiger partial charge in [0.05, 0.1) is 12.2 Å². The van der Waals surface area contributed by atoms with Crippen LogP contribution in [0.25, 0.3) is 0 Å². The third kappa shape index (κ3) is 3.42. The van der Waals surface area contributed by atoms with E-state index in [1.807, 2.05) is 6.07 Å². The van der Waals surface area contributed by atoms with Crippen molar-refractivity contribution >= 4 is 30.2 Å². The zero-order chi connectivity index (χ0) is 12.0. The van der Waals surface area contributed by atoms with Crippen LogP contribution in [-0.4, -0.2) is 18.5 Å². The molecule has 0 fully saturated rings. The molecule has 0 aliphatic carbocycles. The van der Waals surface area contributed by atoms with Crippen LogP contribution in [0.1, 0.15) is 29.3 Å². The predicted octanol–water partition coefficient (Wildman–Crippen LogP) is 3.32. The largest absolute Gasteiger partial charge is 0.462 e. The van der Waals surface area contributed by atoms with Gasteiger partial charge in [0, 0.05) is 10.8 Å². The molecule has 1 aromatic carbocycles. The first-order valence-corrected chi connectivity index (χ1v) is 6.22. The molecule has 0 amide bonds.